The van der Waals surface area contributed by atoms with E-state index in [9.17, 15) is 4.79 Å². The molecule has 0 bridgehead atoms. The molecule has 2 rings (SSSR count). The highest BCUT2D eigenvalue weighted by molar-refractivity contribution is 14.0. The van der Waals surface area contributed by atoms with Gasteiger partial charge in [-0.05, 0) is 42.9 Å². The van der Waals surface area contributed by atoms with Crippen LogP contribution >= 0.6 is 24.0 Å². The molecule has 1 aliphatic rings. The van der Waals surface area contributed by atoms with Crippen LogP contribution in [0.4, 0.5) is 5.69 Å². The maximum Gasteiger partial charge on any atom is 0.222 e. The molecular formula is C19H31IN4O. The number of hydrogen-bond acceptors (Lipinski definition) is 2. The Morgan fingerprint density at radius 2 is 1.92 bits per heavy atom. The van der Waals surface area contributed by atoms with Crippen molar-refractivity contribution in [3.05, 3.63) is 29.8 Å². The summed E-state index contributed by atoms with van der Waals surface area (Å²) in [5.41, 5.74) is 8.12. The molecule has 1 aliphatic carbocycles. The van der Waals surface area contributed by atoms with Crippen LogP contribution in [0.3, 0.4) is 0 Å². The van der Waals surface area contributed by atoms with Gasteiger partial charge in [-0.1, -0.05) is 38.8 Å². The lowest BCUT2D eigenvalue weighted by atomic mass is 9.99. The minimum Gasteiger partial charge on any atom is -0.370 e. The van der Waals surface area contributed by atoms with Crippen LogP contribution in [-0.4, -0.2) is 24.5 Å². The molecule has 1 saturated carbocycles. The first-order valence-corrected chi connectivity index (χ1v) is 9.04. The molecule has 1 amide bonds. The van der Waals surface area contributed by atoms with Gasteiger partial charge in [0.2, 0.25) is 5.91 Å². The largest absolute Gasteiger partial charge is 0.370 e. The maximum absolute atomic E-state index is 11.8. The molecule has 1 aromatic rings. The Morgan fingerprint density at radius 1 is 1.28 bits per heavy atom. The third kappa shape index (κ3) is 7.63. The number of carbonyl (C=O) groups excluding carboxylic acids is 1. The van der Waals surface area contributed by atoms with E-state index < -0.39 is 0 Å². The number of nitrogens with one attached hydrogen (secondary N) is 2. The van der Waals surface area contributed by atoms with Gasteiger partial charge in [-0.25, -0.2) is 0 Å². The van der Waals surface area contributed by atoms with Gasteiger partial charge < -0.3 is 16.4 Å². The molecule has 140 valence electrons. The van der Waals surface area contributed by atoms with Crippen LogP contribution in [0, 0.1) is 0 Å². The number of hydrogen-bond donors (Lipinski definition) is 3. The Morgan fingerprint density at radius 3 is 2.52 bits per heavy atom. The zero-order valence-electron chi connectivity index (χ0n) is 15.3. The zero-order valence-corrected chi connectivity index (χ0v) is 17.6. The molecule has 0 radical (unpaired) electrons. The molecule has 25 heavy (non-hydrogen) atoms. The molecule has 6 heteroatoms. The second-order valence-corrected chi connectivity index (χ2v) is 6.62. The van der Waals surface area contributed by atoms with Gasteiger partial charge in [-0.3, -0.25) is 9.79 Å². The van der Waals surface area contributed by atoms with Gasteiger partial charge in [0, 0.05) is 18.2 Å². The molecule has 0 heterocycles. The molecule has 1 unspecified atom stereocenters. The first-order chi connectivity index (χ1) is 11.6. The lowest BCUT2D eigenvalue weighted by molar-refractivity contribution is -0.121. The number of nitrogens with zero attached hydrogens (tertiary/aromatic N) is 1. The number of carbonyl (C=O) groups is 1. The smallest absolute Gasteiger partial charge is 0.222 e. The molecule has 4 N–H and O–H groups in total. The second kappa shape index (κ2) is 11.3. The van der Waals surface area contributed by atoms with E-state index in [2.05, 4.69) is 41.6 Å². The van der Waals surface area contributed by atoms with E-state index in [1.165, 1.54) is 18.4 Å². The number of aliphatic imine (C=N–C) groups is 1. The van der Waals surface area contributed by atoms with Crippen LogP contribution in [0.5, 0.6) is 0 Å². The van der Waals surface area contributed by atoms with E-state index in [0.717, 1.165) is 24.9 Å². The van der Waals surface area contributed by atoms with Crippen molar-refractivity contribution in [3.63, 3.8) is 0 Å². The third-order valence-corrected chi connectivity index (χ3v) is 4.71. The number of rotatable bonds is 7. The summed E-state index contributed by atoms with van der Waals surface area (Å²) in [5, 5.41) is 6.12. The second-order valence-electron chi connectivity index (χ2n) is 6.62. The van der Waals surface area contributed by atoms with Gasteiger partial charge in [0.15, 0.2) is 5.96 Å². The Bertz CT molecular complexity index is 553. The summed E-state index contributed by atoms with van der Waals surface area (Å²) in [6.45, 7) is 4.81. The maximum atomic E-state index is 11.8. The summed E-state index contributed by atoms with van der Waals surface area (Å²) in [6.07, 6.45) is 6.15. The minimum absolute atomic E-state index is 0. The summed E-state index contributed by atoms with van der Waals surface area (Å²) >= 11 is 0. The molecule has 1 aromatic carbocycles. The number of guanidine groups is 1. The fourth-order valence-corrected chi connectivity index (χ4v) is 2.97. The molecule has 5 nitrogen and oxygen atoms in total. The topological polar surface area (TPSA) is 79.5 Å². The molecule has 0 spiro atoms. The van der Waals surface area contributed by atoms with Crippen LogP contribution < -0.4 is 16.4 Å². The van der Waals surface area contributed by atoms with Crippen LogP contribution in [0.15, 0.2) is 29.3 Å². The van der Waals surface area contributed by atoms with E-state index in [4.69, 9.17) is 5.73 Å². The predicted octanol–water partition coefficient (Wildman–Crippen LogP) is 3.99. The number of nitrogens with two attached hydrogens (primary N) is 1. The Balaban J connectivity index is 0.00000312. The predicted molar refractivity (Wildman–Crippen MR) is 116 cm³/mol. The normalized spacial score (nSPS) is 16.2. The van der Waals surface area contributed by atoms with Gasteiger partial charge in [-0.2, -0.15) is 0 Å². The average Bonchev–Trinajstić information content (AvgIpc) is 3.07. The van der Waals surface area contributed by atoms with Crippen molar-refractivity contribution >= 4 is 41.5 Å². The average molecular weight is 458 g/mol. The van der Waals surface area contributed by atoms with E-state index in [1.807, 2.05) is 12.1 Å². The van der Waals surface area contributed by atoms with Gasteiger partial charge in [0.05, 0.1) is 6.54 Å². The Kier molecular flexibility index (Phi) is 9.85. The number of anilines is 1. The van der Waals surface area contributed by atoms with Crippen molar-refractivity contribution in [1.82, 2.24) is 5.32 Å². The molecule has 0 saturated heterocycles. The zero-order chi connectivity index (χ0) is 17.4. The fourth-order valence-electron chi connectivity index (χ4n) is 2.97. The van der Waals surface area contributed by atoms with Crippen LogP contribution in [0.2, 0.25) is 0 Å². The summed E-state index contributed by atoms with van der Waals surface area (Å²) in [6, 6.07) is 8.60. The molecule has 1 fully saturated rings. The highest BCUT2D eigenvalue weighted by Gasteiger charge is 2.16. The van der Waals surface area contributed by atoms with Crippen molar-refractivity contribution in [1.29, 1.82) is 0 Å². The SMILES string of the molecule is CCC(C)c1ccc(NC(N)=NCCC(=O)NC2CCCC2)cc1.I. The van der Waals surface area contributed by atoms with Gasteiger partial charge >= 0.3 is 0 Å². The van der Waals surface area contributed by atoms with Crippen LogP contribution in [-0.2, 0) is 4.79 Å². The van der Waals surface area contributed by atoms with E-state index in [1.54, 1.807) is 0 Å². The number of benzene rings is 1. The van der Waals surface area contributed by atoms with Crippen LogP contribution in [0.1, 0.15) is 63.9 Å². The first-order valence-electron chi connectivity index (χ1n) is 9.04. The number of amides is 1. The standard InChI is InChI=1S/C19H30N4O.HI/c1-3-14(2)15-8-10-17(11-9-15)23-19(20)21-13-12-18(24)22-16-6-4-5-7-16;/h8-11,14,16H,3-7,12-13H2,1-2H3,(H,22,24)(H3,20,21,23);1H. The lowest BCUT2D eigenvalue weighted by Gasteiger charge is -2.12. The fraction of sp³-hybridized carbons (Fsp3) is 0.579. The van der Waals surface area contributed by atoms with Gasteiger partial charge in [0.1, 0.15) is 0 Å². The molecular weight excluding hydrogens is 427 g/mol. The van der Waals surface area contributed by atoms with Crippen LogP contribution in [0.25, 0.3) is 0 Å². The molecule has 0 aromatic heterocycles. The summed E-state index contributed by atoms with van der Waals surface area (Å²) in [5.74, 6) is 0.972. The summed E-state index contributed by atoms with van der Waals surface area (Å²) in [7, 11) is 0. The Hall–Kier alpha value is -1.31. The van der Waals surface area contributed by atoms with Crippen molar-refractivity contribution in [3.8, 4) is 0 Å². The van der Waals surface area contributed by atoms with Crippen molar-refractivity contribution < 1.29 is 4.79 Å². The summed E-state index contributed by atoms with van der Waals surface area (Å²) < 4.78 is 0. The molecule has 1 atom stereocenters. The van der Waals surface area contributed by atoms with Crippen molar-refractivity contribution in [2.75, 3.05) is 11.9 Å². The van der Waals surface area contributed by atoms with E-state index >= 15 is 0 Å². The van der Waals surface area contributed by atoms with E-state index in [-0.39, 0.29) is 29.9 Å². The van der Waals surface area contributed by atoms with E-state index in [0.29, 0.717) is 30.9 Å². The minimum atomic E-state index is 0. The highest BCUT2D eigenvalue weighted by atomic mass is 127. The quantitative estimate of drug-likeness (QED) is 0.329. The molecule has 0 aliphatic heterocycles. The first kappa shape index (κ1) is 21.7. The Labute approximate surface area is 168 Å². The number of halogens is 1. The van der Waals surface area contributed by atoms with Gasteiger partial charge in [0.25, 0.3) is 0 Å². The van der Waals surface area contributed by atoms with Crippen molar-refractivity contribution in [2.45, 2.75) is 64.3 Å². The van der Waals surface area contributed by atoms with Gasteiger partial charge in [-0.15, -0.1) is 24.0 Å². The summed E-state index contributed by atoms with van der Waals surface area (Å²) in [4.78, 5) is 16.1. The highest BCUT2D eigenvalue weighted by Crippen LogP contribution is 2.20. The third-order valence-electron chi connectivity index (χ3n) is 4.71. The van der Waals surface area contributed by atoms with Crippen molar-refractivity contribution in [2.24, 2.45) is 10.7 Å². The monoisotopic (exact) mass is 458 g/mol. The lowest BCUT2D eigenvalue weighted by Crippen LogP contribution is -2.33.